The lowest BCUT2D eigenvalue weighted by atomic mass is 10.1. The van der Waals surface area contributed by atoms with Crippen LogP contribution in [0.25, 0.3) is 0 Å². The molecule has 0 unspecified atom stereocenters. The van der Waals surface area contributed by atoms with E-state index in [1.807, 2.05) is 0 Å². The van der Waals surface area contributed by atoms with Crippen molar-refractivity contribution in [2.45, 2.75) is 6.04 Å². The molecule has 2 nitrogen and oxygen atoms in total. The van der Waals surface area contributed by atoms with Gasteiger partial charge in [0.25, 0.3) is 0 Å². The Morgan fingerprint density at radius 2 is 2.06 bits per heavy atom. The second-order valence-corrected chi connectivity index (χ2v) is 4.01. The molecule has 2 rings (SSSR count). The van der Waals surface area contributed by atoms with Crippen LogP contribution < -0.4 is 5.32 Å². The van der Waals surface area contributed by atoms with Crippen LogP contribution in [0.15, 0.2) is 24.3 Å². The molecule has 0 aliphatic carbocycles. The van der Waals surface area contributed by atoms with E-state index in [0.29, 0.717) is 0 Å². The fraction of sp³-hybridized carbons (Fsp3) is 0.500. The van der Waals surface area contributed by atoms with Gasteiger partial charge < -0.3 is 5.32 Å². The van der Waals surface area contributed by atoms with E-state index in [1.54, 1.807) is 12.1 Å². The van der Waals surface area contributed by atoms with Crippen molar-refractivity contribution in [1.29, 1.82) is 0 Å². The Morgan fingerprint density at radius 3 is 2.69 bits per heavy atom. The van der Waals surface area contributed by atoms with Crippen LogP contribution >= 0.6 is 0 Å². The Morgan fingerprint density at radius 1 is 1.31 bits per heavy atom. The lowest BCUT2D eigenvalue weighted by Crippen LogP contribution is -2.45. The third-order valence-corrected chi connectivity index (χ3v) is 2.97. The van der Waals surface area contributed by atoms with Crippen LogP contribution in [0.4, 0.5) is 8.78 Å². The largest absolute Gasteiger partial charge is 0.314 e. The van der Waals surface area contributed by atoms with E-state index in [9.17, 15) is 8.78 Å². The summed E-state index contributed by atoms with van der Waals surface area (Å²) in [7, 11) is 0. The van der Waals surface area contributed by atoms with E-state index in [2.05, 4.69) is 10.2 Å². The molecule has 0 amide bonds. The molecule has 1 saturated heterocycles. The highest BCUT2D eigenvalue weighted by Crippen LogP contribution is 2.22. The van der Waals surface area contributed by atoms with Gasteiger partial charge in [-0.1, -0.05) is 12.1 Å². The number of halogens is 2. The highest BCUT2D eigenvalue weighted by Gasteiger charge is 2.22. The average molecular weight is 226 g/mol. The maximum absolute atomic E-state index is 13.1. The topological polar surface area (TPSA) is 15.3 Å². The van der Waals surface area contributed by atoms with Gasteiger partial charge in [-0.25, -0.2) is 8.78 Å². The Balaban J connectivity index is 2.14. The minimum absolute atomic E-state index is 0.300. The molecular formula is C12H16F2N2. The minimum Gasteiger partial charge on any atom is -0.314 e. The molecule has 1 N–H and O–H groups in total. The summed E-state index contributed by atoms with van der Waals surface area (Å²) in [5, 5.41) is 3.22. The van der Waals surface area contributed by atoms with E-state index in [4.69, 9.17) is 0 Å². The van der Waals surface area contributed by atoms with Crippen molar-refractivity contribution >= 4 is 0 Å². The number of nitrogens with one attached hydrogen (secondary N) is 1. The SMILES string of the molecule is FC[C@@H](c1cccc(F)c1)N1CCNCC1. The van der Waals surface area contributed by atoms with Crippen LogP contribution in [0.1, 0.15) is 11.6 Å². The molecule has 0 radical (unpaired) electrons. The van der Waals surface area contributed by atoms with Crippen LogP contribution in [-0.2, 0) is 0 Å². The molecular weight excluding hydrogens is 210 g/mol. The zero-order chi connectivity index (χ0) is 11.4. The molecule has 1 fully saturated rings. The summed E-state index contributed by atoms with van der Waals surface area (Å²) in [4.78, 5) is 2.06. The van der Waals surface area contributed by atoms with Crippen molar-refractivity contribution in [3.8, 4) is 0 Å². The molecule has 0 aromatic heterocycles. The van der Waals surface area contributed by atoms with E-state index in [0.717, 1.165) is 31.7 Å². The maximum atomic E-state index is 13.1. The standard InChI is InChI=1S/C12H16F2N2/c13-9-12(16-6-4-15-5-7-16)10-2-1-3-11(14)8-10/h1-3,8,12,15H,4-7,9H2/t12-/m0/s1. The van der Waals surface area contributed by atoms with Crippen molar-refractivity contribution in [1.82, 2.24) is 10.2 Å². The summed E-state index contributed by atoms with van der Waals surface area (Å²) in [6, 6.07) is 5.92. The molecule has 1 aliphatic heterocycles. The molecule has 88 valence electrons. The van der Waals surface area contributed by atoms with E-state index >= 15 is 0 Å². The van der Waals surface area contributed by atoms with Gasteiger partial charge in [-0.2, -0.15) is 0 Å². The number of hydrogen-bond donors (Lipinski definition) is 1. The van der Waals surface area contributed by atoms with E-state index in [1.165, 1.54) is 12.1 Å². The molecule has 1 aromatic rings. The summed E-state index contributed by atoms with van der Waals surface area (Å²) in [5.41, 5.74) is 0.726. The number of rotatable bonds is 3. The summed E-state index contributed by atoms with van der Waals surface area (Å²) in [5.74, 6) is -0.300. The molecule has 1 heterocycles. The van der Waals surface area contributed by atoms with Crippen molar-refractivity contribution in [2.75, 3.05) is 32.9 Å². The third-order valence-electron chi connectivity index (χ3n) is 2.97. The van der Waals surface area contributed by atoms with E-state index < -0.39 is 6.67 Å². The van der Waals surface area contributed by atoms with Gasteiger partial charge in [-0.3, -0.25) is 4.90 Å². The summed E-state index contributed by atoms with van der Waals surface area (Å²) in [6.45, 7) is 2.89. The first-order chi connectivity index (χ1) is 7.81. The number of piperazine rings is 1. The first kappa shape index (κ1) is 11.5. The van der Waals surface area contributed by atoms with Crippen LogP contribution in [-0.4, -0.2) is 37.8 Å². The number of hydrogen-bond acceptors (Lipinski definition) is 2. The quantitative estimate of drug-likeness (QED) is 0.844. The van der Waals surface area contributed by atoms with Gasteiger partial charge in [0, 0.05) is 26.2 Å². The second kappa shape index (κ2) is 5.37. The van der Waals surface area contributed by atoms with E-state index in [-0.39, 0.29) is 11.9 Å². The zero-order valence-corrected chi connectivity index (χ0v) is 9.13. The van der Waals surface area contributed by atoms with Gasteiger partial charge in [0.1, 0.15) is 12.5 Å². The predicted octanol–water partition coefficient (Wildman–Crippen LogP) is 1.74. The van der Waals surface area contributed by atoms with Crippen molar-refractivity contribution < 1.29 is 8.78 Å². The van der Waals surface area contributed by atoms with Crippen molar-refractivity contribution in [3.63, 3.8) is 0 Å². The third kappa shape index (κ3) is 2.57. The lowest BCUT2D eigenvalue weighted by molar-refractivity contribution is 0.147. The van der Waals surface area contributed by atoms with Gasteiger partial charge in [-0.15, -0.1) is 0 Å². The number of benzene rings is 1. The lowest BCUT2D eigenvalue weighted by Gasteiger charge is -2.33. The molecule has 4 heteroatoms. The van der Waals surface area contributed by atoms with Crippen LogP contribution in [0.3, 0.4) is 0 Å². The second-order valence-electron chi connectivity index (χ2n) is 4.01. The van der Waals surface area contributed by atoms with Gasteiger partial charge in [0.05, 0.1) is 6.04 Å². The fourth-order valence-corrected chi connectivity index (χ4v) is 2.11. The maximum Gasteiger partial charge on any atom is 0.123 e. The Bertz CT molecular complexity index is 338. The molecule has 0 spiro atoms. The smallest absolute Gasteiger partial charge is 0.123 e. The number of alkyl halides is 1. The monoisotopic (exact) mass is 226 g/mol. The van der Waals surface area contributed by atoms with Crippen LogP contribution in [0.2, 0.25) is 0 Å². The van der Waals surface area contributed by atoms with Gasteiger partial charge >= 0.3 is 0 Å². The van der Waals surface area contributed by atoms with Gasteiger partial charge in [0.15, 0.2) is 0 Å². The van der Waals surface area contributed by atoms with Crippen molar-refractivity contribution in [2.24, 2.45) is 0 Å². The fourth-order valence-electron chi connectivity index (χ4n) is 2.11. The van der Waals surface area contributed by atoms with Gasteiger partial charge in [0.2, 0.25) is 0 Å². The zero-order valence-electron chi connectivity index (χ0n) is 9.13. The summed E-state index contributed by atoms with van der Waals surface area (Å²) < 4.78 is 26.2. The highest BCUT2D eigenvalue weighted by atomic mass is 19.1. The molecule has 16 heavy (non-hydrogen) atoms. The first-order valence-corrected chi connectivity index (χ1v) is 5.57. The summed E-state index contributed by atoms with van der Waals surface area (Å²) in [6.07, 6.45) is 0. The average Bonchev–Trinajstić information content (AvgIpc) is 2.31. The molecule has 0 bridgehead atoms. The van der Waals surface area contributed by atoms with Gasteiger partial charge in [-0.05, 0) is 17.7 Å². The molecule has 1 atom stereocenters. The molecule has 1 aromatic carbocycles. The van der Waals surface area contributed by atoms with Crippen molar-refractivity contribution in [3.05, 3.63) is 35.6 Å². The Hall–Kier alpha value is -1.00. The molecule has 1 aliphatic rings. The molecule has 0 saturated carbocycles. The van der Waals surface area contributed by atoms with Crippen LogP contribution in [0.5, 0.6) is 0 Å². The normalized spacial score (nSPS) is 19.6. The predicted molar refractivity (Wildman–Crippen MR) is 59.6 cm³/mol. The Kier molecular flexibility index (Phi) is 3.85. The summed E-state index contributed by atoms with van der Waals surface area (Å²) >= 11 is 0. The minimum atomic E-state index is -0.469. The Labute approximate surface area is 94.3 Å². The first-order valence-electron chi connectivity index (χ1n) is 5.57. The number of nitrogens with zero attached hydrogens (tertiary/aromatic N) is 1. The van der Waals surface area contributed by atoms with Crippen LogP contribution in [0, 0.1) is 5.82 Å². The highest BCUT2D eigenvalue weighted by molar-refractivity contribution is 5.20.